The predicted octanol–water partition coefficient (Wildman–Crippen LogP) is 6.09. The number of aliphatic carboxylic acids is 1. The molecular weight excluding hydrogens is 400 g/mol. The van der Waals surface area contributed by atoms with Gasteiger partial charge < -0.3 is 9.84 Å². The van der Waals surface area contributed by atoms with Crippen LogP contribution in [0.5, 0.6) is 6.01 Å². The molecule has 1 N–H and O–H groups in total. The van der Waals surface area contributed by atoms with E-state index in [4.69, 9.17) is 9.72 Å². The zero-order valence-electron chi connectivity index (χ0n) is 18.0. The van der Waals surface area contributed by atoms with Crippen molar-refractivity contribution < 1.29 is 14.6 Å². The third kappa shape index (κ3) is 4.57. The Morgan fingerprint density at radius 3 is 2.03 bits per heavy atom. The lowest BCUT2D eigenvalue weighted by Gasteiger charge is -2.14. The Kier molecular flexibility index (Phi) is 6.66. The van der Waals surface area contributed by atoms with Crippen molar-refractivity contribution in [1.82, 2.24) is 9.55 Å². The number of hydrogen-bond acceptors (Lipinski definition) is 3. The molecule has 1 heterocycles. The van der Waals surface area contributed by atoms with Gasteiger partial charge in [0.15, 0.2) is 0 Å². The Morgan fingerprint density at radius 2 is 1.47 bits per heavy atom. The van der Waals surface area contributed by atoms with E-state index in [0.29, 0.717) is 18.9 Å². The van der Waals surface area contributed by atoms with E-state index >= 15 is 0 Å². The molecular formula is C27H26N2O3. The third-order valence-electron chi connectivity index (χ3n) is 5.50. The summed E-state index contributed by atoms with van der Waals surface area (Å²) in [4.78, 5) is 16.3. The molecule has 0 amide bonds. The number of carboxylic acid groups (broad SMARTS) is 1. The van der Waals surface area contributed by atoms with Crippen LogP contribution in [-0.4, -0.2) is 27.2 Å². The number of rotatable bonds is 9. The minimum atomic E-state index is -0.794. The second-order valence-electron chi connectivity index (χ2n) is 7.58. The first kappa shape index (κ1) is 21.4. The van der Waals surface area contributed by atoms with Gasteiger partial charge >= 0.3 is 12.0 Å². The summed E-state index contributed by atoms with van der Waals surface area (Å²) in [6.45, 7) is 2.15. The molecule has 4 aromatic rings. The van der Waals surface area contributed by atoms with E-state index in [-0.39, 0.29) is 6.61 Å². The Morgan fingerprint density at radius 1 is 0.906 bits per heavy atom. The summed E-state index contributed by atoms with van der Waals surface area (Å²) in [5, 5.41) is 9.37. The van der Waals surface area contributed by atoms with Crippen molar-refractivity contribution in [2.75, 3.05) is 6.61 Å². The highest BCUT2D eigenvalue weighted by molar-refractivity contribution is 5.81. The summed E-state index contributed by atoms with van der Waals surface area (Å²) in [6, 6.07) is 30.6. The summed E-state index contributed by atoms with van der Waals surface area (Å²) < 4.78 is 8.14. The lowest BCUT2D eigenvalue weighted by Crippen LogP contribution is -2.16. The third-order valence-corrected chi connectivity index (χ3v) is 5.50. The zero-order chi connectivity index (χ0) is 22.3. The minimum absolute atomic E-state index is 0.275. The van der Waals surface area contributed by atoms with Crippen molar-refractivity contribution in [3.05, 3.63) is 91.0 Å². The molecule has 0 spiro atoms. The standard InChI is InChI=1S/C27H26N2O3/c1-2-20(26(30)31)18-19-32-27-28-24(21-12-6-3-7-13-21)25(22-14-8-4-9-15-22)29(27)23-16-10-5-11-17-23/h3-17,20H,2,18-19H2,1H3,(H,30,31). The first-order valence-electron chi connectivity index (χ1n) is 10.8. The highest BCUT2D eigenvalue weighted by Crippen LogP contribution is 2.37. The Bertz CT molecular complexity index is 1160. The number of carboxylic acids is 1. The first-order chi connectivity index (χ1) is 15.7. The van der Waals surface area contributed by atoms with Crippen LogP contribution in [0.25, 0.3) is 28.2 Å². The SMILES string of the molecule is CCC(CCOc1nc(-c2ccccc2)c(-c2ccccc2)n1-c1ccccc1)C(=O)O. The van der Waals surface area contributed by atoms with E-state index in [9.17, 15) is 9.90 Å². The van der Waals surface area contributed by atoms with Crippen molar-refractivity contribution >= 4 is 5.97 Å². The molecule has 5 nitrogen and oxygen atoms in total. The van der Waals surface area contributed by atoms with Crippen LogP contribution < -0.4 is 4.74 Å². The van der Waals surface area contributed by atoms with E-state index in [2.05, 4.69) is 12.1 Å². The number of nitrogens with zero attached hydrogens (tertiary/aromatic N) is 2. The van der Waals surface area contributed by atoms with Gasteiger partial charge in [-0.1, -0.05) is 85.8 Å². The molecule has 0 aliphatic rings. The van der Waals surface area contributed by atoms with Crippen LogP contribution in [-0.2, 0) is 4.79 Å². The summed E-state index contributed by atoms with van der Waals surface area (Å²) in [6.07, 6.45) is 0.991. The number of imidazole rings is 1. The molecule has 4 rings (SSSR count). The highest BCUT2D eigenvalue weighted by Gasteiger charge is 2.23. The number of carbonyl (C=O) groups is 1. The zero-order valence-corrected chi connectivity index (χ0v) is 18.0. The summed E-state index contributed by atoms with van der Waals surface area (Å²) in [5.41, 5.74) is 4.70. The van der Waals surface area contributed by atoms with Crippen molar-refractivity contribution in [2.45, 2.75) is 19.8 Å². The average Bonchev–Trinajstić information content (AvgIpc) is 3.22. The van der Waals surface area contributed by atoms with Crippen LogP contribution in [0.2, 0.25) is 0 Å². The second-order valence-corrected chi connectivity index (χ2v) is 7.58. The monoisotopic (exact) mass is 426 g/mol. The molecule has 0 radical (unpaired) electrons. The molecule has 32 heavy (non-hydrogen) atoms. The molecule has 1 unspecified atom stereocenters. The van der Waals surface area contributed by atoms with Crippen molar-refractivity contribution in [2.24, 2.45) is 5.92 Å². The molecule has 1 atom stereocenters. The quantitative estimate of drug-likeness (QED) is 0.352. The van der Waals surface area contributed by atoms with Gasteiger partial charge in [-0.15, -0.1) is 0 Å². The van der Waals surface area contributed by atoms with Crippen LogP contribution in [0, 0.1) is 5.92 Å². The van der Waals surface area contributed by atoms with Gasteiger partial charge in [-0.05, 0) is 25.0 Å². The molecule has 0 fully saturated rings. The Balaban J connectivity index is 1.84. The van der Waals surface area contributed by atoms with Crippen LogP contribution >= 0.6 is 0 Å². The topological polar surface area (TPSA) is 64.4 Å². The summed E-state index contributed by atoms with van der Waals surface area (Å²) in [5.74, 6) is -1.23. The van der Waals surface area contributed by atoms with Gasteiger partial charge in [0.25, 0.3) is 0 Å². The van der Waals surface area contributed by atoms with Gasteiger partial charge in [0, 0.05) is 11.1 Å². The summed E-state index contributed by atoms with van der Waals surface area (Å²) >= 11 is 0. The Labute approximate surface area is 188 Å². The molecule has 162 valence electrons. The van der Waals surface area contributed by atoms with E-state index in [1.165, 1.54) is 0 Å². The first-order valence-corrected chi connectivity index (χ1v) is 10.8. The fraction of sp³-hybridized carbons (Fsp3) is 0.185. The molecule has 5 heteroatoms. The predicted molar refractivity (Wildman–Crippen MR) is 126 cm³/mol. The van der Waals surface area contributed by atoms with Gasteiger partial charge in [0.05, 0.1) is 23.9 Å². The average molecular weight is 427 g/mol. The lowest BCUT2D eigenvalue weighted by atomic mass is 10.0. The second kappa shape index (κ2) is 9.96. The molecule has 0 bridgehead atoms. The fourth-order valence-corrected chi connectivity index (χ4v) is 3.77. The van der Waals surface area contributed by atoms with Crippen LogP contribution in [0.1, 0.15) is 19.8 Å². The van der Waals surface area contributed by atoms with E-state index in [1.54, 1.807) is 0 Å². The molecule has 1 aromatic heterocycles. The molecule has 0 aliphatic carbocycles. The summed E-state index contributed by atoms with van der Waals surface area (Å²) in [7, 11) is 0. The van der Waals surface area contributed by atoms with E-state index in [0.717, 1.165) is 28.2 Å². The number of benzene rings is 3. The molecule has 3 aromatic carbocycles. The van der Waals surface area contributed by atoms with E-state index in [1.807, 2.05) is 90.4 Å². The lowest BCUT2D eigenvalue weighted by molar-refractivity contribution is -0.142. The highest BCUT2D eigenvalue weighted by atomic mass is 16.5. The Hall–Kier alpha value is -3.86. The van der Waals surface area contributed by atoms with E-state index < -0.39 is 11.9 Å². The minimum Gasteiger partial charge on any atom is -0.481 e. The van der Waals surface area contributed by atoms with Gasteiger partial charge in [0.1, 0.15) is 5.69 Å². The van der Waals surface area contributed by atoms with Crippen molar-refractivity contribution in [1.29, 1.82) is 0 Å². The maximum absolute atomic E-state index is 11.4. The molecule has 0 saturated carbocycles. The number of para-hydroxylation sites is 1. The molecule has 0 saturated heterocycles. The largest absolute Gasteiger partial charge is 0.481 e. The number of ether oxygens (including phenoxy) is 1. The normalized spacial score (nSPS) is 11.8. The van der Waals surface area contributed by atoms with Crippen molar-refractivity contribution in [3.8, 4) is 34.2 Å². The van der Waals surface area contributed by atoms with Crippen molar-refractivity contribution in [3.63, 3.8) is 0 Å². The van der Waals surface area contributed by atoms with Gasteiger partial charge in [0.2, 0.25) is 0 Å². The number of hydrogen-bond donors (Lipinski definition) is 1. The fourth-order valence-electron chi connectivity index (χ4n) is 3.77. The maximum atomic E-state index is 11.4. The number of aromatic nitrogens is 2. The smallest absolute Gasteiger partial charge is 0.306 e. The van der Waals surface area contributed by atoms with Gasteiger partial charge in [-0.25, -0.2) is 0 Å². The molecule has 0 aliphatic heterocycles. The van der Waals surface area contributed by atoms with Crippen LogP contribution in [0.15, 0.2) is 91.0 Å². The van der Waals surface area contributed by atoms with Gasteiger partial charge in [-0.2, -0.15) is 4.98 Å². The van der Waals surface area contributed by atoms with Gasteiger partial charge in [-0.3, -0.25) is 9.36 Å². The maximum Gasteiger partial charge on any atom is 0.306 e. The van der Waals surface area contributed by atoms with Crippen LogP contribution in [0.3, 0.4) is 0 Å². The van der Waals surface area contributed by atoms with Crippen LogP contribution in [0.4, 0.5) is 0 Å².